The van der Waals surface area contributed by atoms with Crippen LogP contribution in [0.5, 0.6) is 5.75 Å². The Balaban J connectivity index is 1.20. The molecule has 2 aliphatic heterocycles. The molecule has 3 aromatic rings. The second-order valence-corrected chi connectivity index (χ2v) is 15.5. The molecule has 12 nitrogen and oxygen atoms in total. The number of thiazole rings is 1. The highest BCUT2D eigenvalue weighted by atomic mass is 32.1. The second-order valence-electron chi connectivity index (χ2n) is 14.5. The maximum absolute atomic E-state index is 13.7. The quantitative estimate of drug-likeness (QED) is 0.243. The van der Waals surface area contributed by atoms with Gasteiger partial charge in [-0.3, -0.25) is 14.4 Å². The minimum absolute atomic E-state index is 0.0196. The number of aromatic nitrogens is 3. The minimum atomic E-state index is -0.506. The number of nitrogens with one attached hydrogen (secondary N) is 3. The molecule has 0 atom stereocenters. The van der Waals surface area contributed by atoms with E-state index in [0.717, 1.165) is 38.8 Å². The van der Waals surface area contributed by atoms with E-state index in [-0.39, 0.29) is 29.2 Å². The zero-order valence-corrected chi connectivity index (χ0v) is 30.0. The van der Waals surface area contributed by atoms with Gasteiger partial charge >= 0.3 is 0 Å². The first-order valence-corrected chi connectivity index (χ1v) is 18.2. The van der Waals surface area contributed by atoms with Gasteiger partial charge in [-0.05, 0) is 94.8 Å². The van der Waals surface area contributed by atoms with Crippen LogP contribution in [-0.4, -0.2) is 111 Å². The summed E-state index contributed by atoms with van der Waals surface area (Å²) in [6.07, 6.45) is 7.62. The second kappa shape index (κ2) is 14.9. The van der Waals surface area contributed by atoms with Crippen LogP contribution in [0.1, 0.15) is 70.8 Å². The SMILES string of the molecule is BC(B)(B)NC(=O)c1nnc(NC(=O)C2CC2)cc1Nc1cccc(-c2nc(C)c(C(=O)N3CCC(CCN4CCCC4)CC3)s2)c1OC. The van der Waals surface area contributed by atoms with Gasteiger partial charge in [0.1, 0.15) is 33.4 Å². The summed E-state index contributed by atoms with van der Waals surface area (Å²) in [5, 5.41) is 17.6. The lowest BCUT2D eigenvalue weighted by Crippen LogP contribution is -2.50. The molecule has 3 fully saturated rings. The Hall–Kier alpha value is -3.91. The van der Waals surface area contributed by atoms with Gasteiger partial charge in [-0.15, -0.1) is 21.5 Å². The van der Waals surface area contributed by atoms with Crippen LogP contribution in [0.2, 0.25) is 0 Å². The predicted molar refractivity (Wildman–Crippen MR) is 200 cm³/mol. The number of ether oxygens (including phenoxy) is 1. The lowest BCUT2D eigenvalue weighted by Gasteiger charge is -2.32. The molecule has 4 heterocycles. The Morgan fingerprint density at radius 2 is 1.76 bits per heavy atom. The monoisotopic (exact) mass is 682 g/mol. The van der Waals surface area contributed by atoms with Gasteiger partial charge in [-0.2, -0.15) is 0 Å². The molecule has 1 aliphatic carbocycles. The van der Waals surface area contributed by atoms with E-state index in [0.29, 0.717) is 44.2 Å². The molecule has 0 bridgehead atoms. The van der Waals surface area contributed by atoms with Crippen molar-refractivity contribution in [1.82, 2.24) is 30.3 Å². The standard InChI is InChI=1S/C33H45B3N8O4S/c1-19-28(32(47)44-16-11-20(12-17-44)10-15-43-13-3-4-14-43)49-31(37-19)22-6-5-7-23(27(22)48-2)38-24-18-25(39-29(45)21-8-9-21)41-42-26(24)30(46)40-33(34,35)36/h5-7,18,20-21H,3-4,8-17,34-36H2,1-2H3,(H,40,46)(H2,38,39,41,45). The van der Waals surface area contributed by atoms with Gasteiger partial charge in [-0.1, -0.05) is 6.07 Å². The Kier molecular flexibility index (Phi) is 10.6. The number of benzene rings is 1. The third kappa shape index (κ3) is 8.64. The number of likely N-dealkylation sites (tertiary alicyclic amines) is 2. The van der Waals surface area contributed by atoms with E-state index in [9.17, 15) is 14.4 Å². The van der Waals surface area contributed by atoms with Crippen molar-refractivity contribution in [3.05, 3.63) is 40.5 Å². The molecule has 3 aliphatic rings. The fraction of sp³-hybridized carbons (Fsp3) is 0.515. The Labute approximate surface area is 294 Å². The number of carbonyl (C=O) groups is 3. The zero-order chi connectivity index (χ0) is 34.7. The van der Waals surface area contributed by atoms with Gasteiger partial charge < -0.3 is 30.5 Å². The van der Waals surface area contributed by atoms with E-state index >= 15 is 0 Å². The maximum atomic E-state index is 13.7. The van der Waals surface area contributed by atoms with E-state index in [1.807, 2.05) is 53.6 Å². The summed E-state index contributed by atoms with van der Waals surface area (Å²) in [6.45, 7) is 7.05. The number of amides is 3. The first-order chi connectivity index (χ1) is 23.5. The number of anilines is 3. The Morgan fingerprint density at radius 3 is 2.43 bits per heavy atom. The molecule has 0 unspecified atom stereocenters. The molecule has 0 spiro atoms. The smallest absolute Gasteiger partial charge is 0.272 e. The van der Waals surface area contributed by atoms with Crippen molar-refractivity contribution in [3.63, 3.8) is 0 Å². The van der Waals surface area contributed by atoms with E-state index < -0.39 is 11.1 Å². The van der Waals surface area contributed by atoms with Gasteiger partial charge in [0, 0.05) is 25.1 Å². The topological polar surface area (TPSA) is 142 Å². The Bertz CT molecular complexity index is 1700. The van der Waals surface area contributed by atoms with Crippen LogP contribution in [0.4, 0.5) is 17.2 Å². The highest BCUT2D eigenvalue weighted by Crippen LogP contribution is 2.41. The van der Waals surface area contributed by atoms with Crippen molar-refractivity contribution in [2.45, 2.75) is 57.1 Å². The van der Waals surface area contributed by atoms with Crippen LogP contribution in [0.3, 0.4) is 0 Å². The number of methoxy groups -OCH3 is 1. The molecule has 2 aromatic heterocycles. The van der Waals surface area contributed by atoms with Crippen LogP contribution in [0.15, 0.2) is 24.3 Å². The van der Waals surface area contributed by atoms with Crippen LogP contribution in [0.25, 0.3) is 10.6 Å². The molecule has 1 aromatic carbocycles. The highest BCUT2D eigenvalue weighted by Gasteiger charge is 2.31. The molecule has 3 N–H and O–H groups in total. The van der Waals surface area contributed by atoms with Gasteiger partial charge in [0.15, 0.2) is 17.3 Å². The molecule has 256 valence electrons. The number of piperidine rings is 1. The number of aryl methyl sites for hydroxylation is 1. The van der Waals surface area contributed by atoms with E-state index in [1.165, 1.54) is 50.2 Å². The third-order valence-corrected chi connectivity index (χ3v) is 10.5. The van der Waals surface area contributed by atoms with Crippen LogP contribution >= 0.6 is 11.3 Å². The largest absolute Gasteiger partial charge is 0.494 e. The van der Waals surface area contributed by atoms with Crippen molar-refractivity contribution >= 4 is 69.8 Å². The van der Waals surface area contributed by atoms with E-state index in [4.69, 9.17) is 9.72 Å². The van der Waals surface area contributed by atoms with Crippen LogP contribution in [0, 0.1) is 18.8 Å². The van der Waals surface area contributed by atoms with E-state index in [2.05, 4.69) is 31.0 Å². The summed E-state index contributed by atoms with van der Waals surface area (Å²) < 4.78 is 5.92. The highest BCUT2D eigenvalue weighted by molar-refractivity contribution is 7.17. The minimum Gasteiger partial charge on any atom is -0.494 e. The molecular formula is C33H45B3N8O4S. The molecule has 2 saturated heterocycles. The summed E-state index contributed by atoms with van der Waals surface area (Å²) in [6, 6.07) is 7.21. The average Bonchev–Trinajstić information content (AvgIpc) is 3.66. The molecule has 16 heteroatoms. The molecule has 49 heavy (non-hydrogen) atoms. The molecule has 1 saturated carbocycles. The predicted octanol–water partition coefficient (Wildman–Crippen LogP) is 1.59. The van der Waals surface area contributed by atoms with Gasteiger partial charge in [-0.25, -0.2) is 4.98 Å². The van der Waals surface area contributed by atoms with Crippen molar-refractivity contribution in [1.29, 1.82) is 0 Å². The lowest BCUT2D eigenvalue weighted by molar-refractivity contribution is -0.117. The molecule has 0 radical (unpaired) electrons. The number of carbonyl (C=O) groups excluding carboxylic acids is 3. The van der Waals surface area contributed by atoms with E-state index in [1.54, 1.807) is 13.2 Å². The Morgan fingerprint density at radius 1 is 1.02 bits per heavy atom. The summed E-state index contributed by atoms with van der Waals surface area (Å²) in [4.78, 5) is 49.5. The van der Waals surface area contributed by atoms with Crippen molar-refractivity contribution in [2.75, 3.05) is 50.5 Å². The first-order valence-electron chi connectivity index (χ1n) is 17.4. The fourth-order valence-corrected chi connectivity index (χ4v) is 7.56. The molecular weight excluding hydrogens is 637 g/mol. The lowest BCUT2D eigenvalue weighted by atomic mass is 9.49. The number of nitrogens with zero attached hydrogens (tertiary/aromatic N) is 5. The summed E-state index contributed by atoms with van der Waals surface area (Å²) >= 11 is 1.37. The summed E-state index contributed by atoms with van der Waals surface area (Å²) in [5.41, 5.74) is 2.40. The zero-order valence-electron chi connectivity index (χ0n) is 29.2. The number of para-hydroxylation sites is 1. The van der Waals surface area contributed by atoms with Gasteiger partial charge in [0.2, 0.25) is 5.91 Å². The third-order valence-electron chi connectivity index (χ3n) is 9.36. The molecule has 6 rings (SSSR count). The maximum Gasteiger partial charge on any atom is 0.272 e. The van der Waals surface area contributed by atoms with Crippen molar-refractivity contribution < 1.29 is 19.1 Å². The average molecular weight is 682 g/mol. The first kappa shape index (κ1) is 34.9. The van der Waals surface area contributed by atoms with Crippen molar-refractivity contribution in [3.8, 4) is 16.3 Å². The van der Waals surface area contributed by atoms with Crippen LogP contribution in [-0.2, 0) is 4.79 Å². The van der Waals surface area contributed by atoms with Gasteiger partial charge in [0.05, 0.1) is 29.7 Å². The number of hydrogen-bond donors (Lipinski definition) is 3. The summed E-state index contributed by atoms with van der Waals surface area (Å²) in [5.74, 6) is 0.904. The number of rotatable bonds is 12. The number of hydrogen-bond acceptors (Lipinski definition) is 10. The summed E-state index contributed by atoms with van der Waals surface area (Å²) in [7, 11) is 7.23. The van der Waals surface area contributed by atoms with Crippen LogP contribution < -0.4 is 20.7 Å². The molecule has 3 amide bonds. The van der Waals surface area contributed by atoms with Crippen molar-refractivity contribution in [2.24, 2.45) is 11.8 Å². The normalized spacial score (nSPS) is 17.1. The fourth-order valence-electron chi connectivity index (χ4n) is 6.51. The van der Waals surface area contributed by atoms with Gasteiger partial charge in [0.25, 0.3) is 11.8 Å².